The van der Waals surface area contributed by atoms with E-state index < -0.39 is 0 Å². The minimum atomic E-state index is 0.886. The Morgan fingerprint density at radius 2 is 0.647 bits per heavy atom. The van der Waals surface area contributed by atoms with Gasteiger partial charge in [0.15, 0.2) is 0 Å². The van der Waals surface area contributed by atoms with Gasteiger partial charge in [0, 0.05) is 0 Å². The average molecular weight is 242 g/mol. The van der Waals surface area contributed by atoms with Crippen LogP contribution in [0, 0.1) is 23.7 Å². The lowest BCUT2D eigenvalue weighted by atomic mass is 10.0. The summed E-state index contributed by atoms with van der Waals surface area (Å²) < 4.78 is 0. The topological polar surface area (TPSA) is 0 Å². The molecule has 0 saturated heterocycles. The molecule has 0 atom stereocenters. The van der Waals surface area contributed by atoms with Gasteiger partial charge in [0.25, 0.3) is 0 Å². The number of hydrogen-bond acceptors (Lipinski definition) is 0. The second-order valence-electron chi connectivity index (χ2n) is 7.08. The highest BCUT2D eigenvalue weighted by atomic mass is 14.0. The highest BCUT2D eigenvalue weighted by Crippen LogP contribution is 2.11. The third kappa shape index (κ3) is 25.9. The predicted molar refractivity (Wildman–Crippen MR) is 82.4 cm³/mol. The fourth-order valence-corrected chi connectivity index (χ4v) is 1.60. The summed E-state index contributed by atoms with van der Waals surface area (Å²) in [5, 5.41) is 0. The zero-order valence-electron chi connectivity index (χ0n) is 13.8. The lowest BCUT2D eigenvalue weighted by Crippen LogP contribution is -1.91. The maximum Gasteiger partial charge on any atom is -0.0471 e. The van der Waals surface area contributed by atoms with Crippen molar-refractivity contribution in [1.29, 1.82) is 0 Å². The molecule has 0 unspecified atom stereocenters. The van der Waals surface area contributed by atoms with Crippen molar-refractivity contribution >= 4 is 0 Å². The monoisotopic (exact) mass is 242 g/mol. The molecule has 0 aromatic carbocycles. The van der Waals surface area contributed by atoms with Crippen LogP contribution in [-0.4, -0.2) is 0 Å². The van der Waals surface area contributed by atoms with Gasteiger partial charge in [-0.25, -0.2) is 0 Å². The summed E-state index contributed by atoms with van der Waals surface area (Å²) in [6.45, 7) is 18.3. The maximum atomic E-state index is 2.29. The molecule has 0 heteroatoms. The van der Waals surface area contributed by atoms with Crippen LogP contribution in [0.15, 0.2) is 0 Å². The minimum Gasteiger partial charge on any atom is -0.0628 e. The van der Waals surface area contributed by atoms with E-state index >= 15 is 0 Å². The first-order chi connectivity index (χ1) is 7.75. The van der Waals surface area contributed by atoms with Gasteiger partial charge in [-0.3, -0.25) is 0 Å². The second-order valence-corrected chi connectivity index (χ2v) is 7.08. The minimum absolute atomic E-state index is 0.886. The molecule has 0 aromatic rings. The van der Waals surface area contributed by atoms with E-state index in [2.05, 4.69) is 55.4 Å². The SMILES string of the molecule is CC(C)CCC(C)C.CC(C)CCCC(C)C. The first kappa shape index (κ1) is 19.3. The third-order valence-electron chi connectivity index (χ3n) is 2.88. The first-order valence-corrected chi connectivity index (χ1v) is 7.75. The third-order valence-corrected chi connectivity index (χ3v) is 2.88. The molecule has 0 amide bonds. The smallest absolute Gasteiger partial charge is 0.0471 e. The zero-order valence-corrected chi connectivity index (χ0v) is 13.8. The van der Waals surface area contributed by atoms with Crippen molar-refractivity contribution in [3.05, 3.63) is 0 Å². The van der Waals surface area contributed by atoms with Gasteiger partial charge < -0.3 is 0 Å². The standard InChI is InChI=1S/C9H20.C8H18/c1-8(2)6-5-7-9(3)4;1-7(2)5-6-8(3)4/h8-9H,5-7H2,1-4H3;7-8H,5-6H2,1-4H3. The molecule has 106 valence electrons. The fraction of sp³-hybridized carbons (Fsp3) is 1.00. The van der Waals surface area contributed by atoms with Crippen LogP contribution in [0.5, 0.6) is 0 Å². The van der Waals surface area contributed by atoms with E-state index in [1.807, 2.05) is 0 Å². The Bertz CT molecular complexity index is 115. The molecule has 0 N–H and O–H groups in total. The molecular weight excluding hydrogens is 204 g/mol. The molecule has 0 saturated carbocycles. The lowest BCUT2D eigenvalue weighted by molar-refractivity contribution is 0.476. The zero-order chi connectivity index (χ0) is 13.8. The maximum absolute atomic E-state index is 2.29. The van der Waals surface area contributed by atoms with E-state index in [9.17, 15) is 0 Å². The van der Waals surface area contributed by atoms with Crippen molar-refractivity contribution in [3.8, 4) is 0 Å². The van der Waals surface area contributed by atoms with Crippen molar-refractivity contribution in [2.45, 2.75) is 87.5 Å². The van der Waals surface area contributed by atoms with E-state index in [0.29, 0.717) is 0 Å². The molecule has 17 heavy (non-hydrogen) atoms. The summed E-state index contributed by atoms with van der Waals surface area (Å²) in [4.78, 5) is 0. The van der Waals surface area contributed by atoms with Gasteiger partial charge in [-0.05, 0) is 23.7 Å². The second kappa shape index (κ2) is 12.5. The van der Waals surface area contributed by atoms with Gasteiger partial charge in [-0.1, -0.05) is 87.5 Å². The highest BCUT2D eigenvalue weighted by Gasteiger charge is 1.96. The molecule has 0 heterocycles. The predicted octanol–water partition coefficient (Wildman–Crippen LogP) is 6.55. The number of rotatable bonds is 7. The van der Waals surface area contributed by atoms with Crippen molar-refractivity contribution in [1.82, 2.24) is 0 Å². The van der Waals surface area contributed by atoms with Crippen molar-refractivity contribution in [2.24, 2.45) is 23.7 Å². The number of hydrogen-bond donors (Lipinski definition) is 0. The van der Waals surface area contributed by atoms with Crippen LogP contribution in [0.1, 0.15) is 87.5 Å². The Labute approximate surface area is 112 Å². The molecule has 0 bridgehead atoms. The van der Waals surface area contributed by atoms with Crippen LogP contribution in [0.25, 0.3) is 0 Å². The first-order valence-electron chi connectivity index (χ1n) is 7.75. The van der Waals surface area contributed by atoms with Crippen molar-refractivity contribution in [2.75, 3.05) is 0 Å². The molecule has 0 aliphatic carbocycles. The average Bonchev–Trinajstić information content (AvgIpc) is 2.14. The Morgan fingerprint density at radius 1 is 0.412 bits per heavy atom. The van der Waals surface area contributed by atoms with Crippen molar-refractivity contribution in [3.63, 3.8) is 0 Å². The summed E-state index contributed by atoms with van der Waals surface area (Å²) >= 11 is 0. The van der Waals surface area contributed by atoms with E-state index in [-0.39, 0.29) is 0 Å². The summed E-state index contributed by atoms with van der Waals surface area (Å²) in [6.07, 6.45) is 6.99. The normalized spacial score (nSPS) is 11.3. The Balaban J connectivity index is 0. The van der Waals surface area contributed by atoms with Gasteiger partial charge in [-0.15, -0.1) is 0 Å². The van der Waals surface area contributed by atoms with E-state index in [4.69, 9.17) is 0 Å². The molecule has 0 fully saturated rings. The van der Waals surface area contributed by atoms with Crippen LogP contribution in [-0.2, 0) is 0 Å². The van der Waals surface area contributed by atoms with Crippen LogP contribution in [0.3, 0.4) is 0 Å². The Kier molecular flexibility index (Phi) is 14.2. The van der Waals surface area contributed by atoms with E-state index in [0.717, 1.165) is 23.7 Å². The molecule has 0 aromatic heterocycles. The molecule has 0 radical (unpaired) electrons. The molecule has 0 rings (SSSR count). The van der Waals surface area contributed by atoms with E-state index in [1.165, 1.54) is 32.1 Å². The summed E-state index contributed by atoms with van der Waals surface area (Å²) in [5.74, 6) is 3.56. The van der Waals surface area contributed by atoms with Gasteiger partial charge in [0.1, 0.15) is 0 Å². The van der Waals surface area contributed by atoms with Crippen LogP contribution < -0.4 is 0 Å². The Hall–Kier alpha value is 0. The molecule has 0 spiro atoms. The van der Waals surface area contributed by atoms with Gasteiger partial charge >= 0.3 is 0 Å². The van der Waals surface area contributed by atoms with Gasteiger partial charge in [-0.2, -0.15) is 0 Å². The Morgan fingerprint density at radius 3 is 0.824 bits per heavy atom. The summed E-state index contributed by atoms with van der Waals surface area (Å²) in [7, 11) is 0. The molecule has 0 aliphatic heterocycles. The van der Waals surface area contributed by atoms with Crippen molar-refractivity contribution < 1.29 is 0 Å². The highest BCUT2D eigenvalue weighted by molar-refractivity contribution is 4.49. The lowest BCUT2D eigenvalue weighted by Gasteiger charge is -2.05. The van der Waals surface area contributed by atoms with Crippen LogP contribution in [0.4, 0.5) is 0 Å². The molecular formula is C17H38. The van der Waals surface area contributed by atoms with Gasteiger partial charge in [0.05, 0.1) is 0 Å². The quantitative estimate of drug-likeness (QED) is 0.475. The van der Waals surface area contributed by atoms with Gasteiger partial charge in [0.2, 0.25) is 0 Å². The molecule has 0 nitrogen and oxygen atoms in total. The summed E-state index contributed by atoms with van der Waals surface area (Å²) in [6, 6.07) is 0. The largest absolute Gasteiger partial charge is 0.0628 e. The van der Waals surface area contributed by atoms with Crippen LogP contribution in [0.2, 0.25) is 0 Å². The molecule has 0 aliphatic rings. The fourth-order valence-electron chi connectivity index (χ4n) is 1.60. The van der Waals surface area contributed by atoms with E-state index in [1.54, 1.807) is 0 Å². The summed E-state index contributed by atoms with van der Waals surface area (Å²) in [5.41, 5.74) is 0. The van der Waals surface area contributed by atoms with Crippen LogP contribution >= 0.6 is 0 Å².